The number of rotatable bonds is 3. The van der Waals surface area contributed by atoms with E-state index in [4.69, 9.17) is 0 Å². The number of likely N-dealkylation sites (tertiary alicyclic amines) is 1. The van der Waals surface area contributed by atoms with Crippen LogP contribution in [0.15, 0.2) is 0 Å². The molecular formula is C16H28ClN5O. The van der Waals surface area contributed by atoms with Crippen LogP contribution in [-0.4, -0.2) is 70.8 Å². The summed E-state index contributed by atoms with van der Waals surface area (Å²) >= 11 is 0. The molecule has 1 N–H and O–H groups in total. The highest BCUT2D eigenvalue weighted by Crippen LogP contribution is 2.21. The Bertz CT molecular complexity index is 553. The van der Waals surface area contributed by atoms with E-state index in [1.165, 1.54) is 0 Å². The lowest BCUT2D eigenvalue weighted by molar-refractivity contribution is 0.0772. The SMILES string of the molecule is CCn1nc(C)c(C(=O)N2CCC(N3CCNCC3)C2)c1C.Cl. The van der Waals surface area contributed by atoms with E-state index in [2.05, 4.69) is 22.2 Å². The monoisotopic (exact) mass is 341 g/mol. The maximum absolute atomic E-state index is 12.9. The van der Waals surface area contributed by atoms with Crippen LogP contribution in [0.3, 0.4) is 0 Å². The number of carbonyl (C=O) groups excluding carboxylic acids is 1. The maximum Gasteiger partial charge on any atom is 0.257 e. The summed E-state index contributed by atoms with van der Waals surface area (Å²) in [6.45, 7) is 12.8. The largest absolute Gasteiger partial charge is 0.337 e. The zero-order chi connectivity index (χ0) is 15.7. The second-order valence-electron chi connectivity index (χ2n) is 6.34. The number of carbonyl (C=O) groups is 1. The number of nitrogens with zero attached hydrogens (tertiary/aromatic N) is 4. The molecule has 1 aromatic rings. The van der Waals surface area contributed by atoms with Crippen LogP contribution < -0.4 is 5.32 Å². The lowest BCUT2D eigenvalue weighted by Crippen LogP contribution is -2.49. The van der Waals surface area contributed by atoms with Crippen LogP contribution in [0, 0.1) is 13.8 Å². The molecule has 3 rings (SSSR count). The van der Waals surface area contributed by atoms with Crippen LogP contribution >= 0.6 is 12.4 Å². The standard InChI is InChI=1S/C16H27N5O.ClH/c1-4-21-13(3)15(12(2)18-21)16(22)20-8-5-14(11-20)19-9-6-17-7-10-19;/h14,17H,4-11H2,1-3H3;1H. The molecule has 0 spiro atoms. The summed E-state index contributed by atoms with van der Waals surface area (Å²) in [4.78, 5) is 17.4. The summed E-state index contributed by atoms with van der Waals surface area (Å²) in [5.74, 6) is 0.160. The summed E-state index contributed by atoms with van der Waals surface area (Å²) in [5, 5.41) is 7.87. The third-order valence-electron chi connectivity index (χ3n) is 5.01. The molecule has 1 aromatic heterocycles. The van der Waals surface area contributed by atoms with Gasteiger partial charge in [0.25, 0.3) is 5.91 Å². The number of piperazine rings is 1. The van der Waals surface area contributed by atoms with E-state index in [1.54, 1.807) is 0 Å². The van der Waals surface area contributed by atoms with Crippen LogP contribution in [0.1, 0.15) is 35.1 Å². The molecule has 130 valence electrons. The molecule has 23 heavy (non-hydrogen) atoms. The molecular weight excluding hydrogens is 314 g/mol. The fourth-order valence-corrected chi connectivity index (χ4v) is 3.74. The molecule has 1 unspecified atom stereocenters. The molecule has 3 heterocycles. The highest BCUT2D eigenvalue weighted by atomic mass is 35.5. The molecule has 1 amide bonds. The Morgan fingerprint density at radius 2 is 1.96 bits per heavy atom. The minimum atomic E-state index is 0. The van der Waals surface area contributed by atoms with E-state index in [1.807, 2.05) is 23.4 Å². The van der Waals surface area contributed by atoms with Gasteiger partial charge in [-0.2, -0.15) is 5.10 Å². The van der Waals surface area contributed by atoms with Gasteiger partial charge < -0.3 is 10.2 Å². The fraction of sp³-hybridized carbons (Fsp3) is 0.750. The molecule has 2 aliphatic rings. The average Bonchev–Trinajstić information content (AvgIpc) is 3.13. The first kappa shape index (κ1) is 18.2. The first-order valence-corrected chi connectivity index (χ1v) is 8.39. The van der Waals surface area contributed by atoms with E-state index in [0.717, 1.165) is 69.2 Å². The number of amides is 1. The molecule has 0 aromatic carbocycles. The van der Waals surface area contributed by atoms with E-state index in [9.17, 15) is 4.79 Å². The first-order valence-electron chi connectivity index (χ1n) is 8.39. The Kier molecular flexibility index (Phi) is 6.06. The van der Waals surface area contributed by atoms with Crippen molar-refractivity contribution < 1.29 is 4.79 Å². The van der Waals surface area contributed by atoms with Gasteiger partial charge in [-0.3, -0.25) is 14.4 Å². The molecule has 2 saturated heterocycles. The van der Waals surface area contributed by atoms with Crippen molar-refractivity contribution in [2.75, 3.05) is 39.3 Å². The summed E-state index contributed by atoms with van der Waals surface area (Å²) < 4.78 is 1.92. The Hall–Kier alpha value is -1.11. The minimum Gasteiger partial charge on any atom is -0.337 e. The quantitative estimate of drug-likeness (QED) is 0.893. The number of aromatic nitrogens is 2. The van der Waals surface area contributed by atoms with Gasteiger partial charge in [-0.15, -0.1) is 12.4 Å². The van der Waals surface area contributed by atoms with Crippen molar-refractivity contribution in [1.29, 1.82) is 0 Å². The summed E-state index contributed by atoms with van der Waals surface area (Å²) in [6.07, 6.45) is 1.09. The lowest BCUT2D eigenvalue weighted by atomic mass is 10.1. The first-order chi connectivity index (χ1) is 10.6. The Labute approximate surface area is 144 Å². The van der Waals surface area contributed by atoms with E-state index in [-0.39, 0.29) is 18.3 Å². The van der Waals surface area contributed by atoms with E-state index in [0.29, 0.717) is 6.04 Å². The fourth-order valence-electron chi connectivity index (χ4n) is 3.74. The minimum absolute atomic E-state index is 0. The van der Waals surface area contributed by atoms with E-state index >= 15 is 0 Å². The van der Waals surface area contributed by atoms with Crippen molar-refractivity contribution >= 4 is 18.3 Å². The summed E-state index contributed by atoms with van der Waals surface area (Å²) in [7, 11) is 0. The van der Waals surface area contributed by atoms with Gasteiger partial charge in [0.2, 0.25) is 0 Å². The van der Waals surface area contributed by atoms with Crippen LogP contribution in [-0.2, 0) is 6.54 Å². The highest BCUT2D eigenvalue weighted by Gasteiger charge is 2.33. The van der Waals surface area contributed by atoms with Crippen molar-refractivity contribution in [2.24, 2.45) is 0 Å². The smallest absolute Gasteiger partial charge is 0.257 e. The zero-order valence-corrected chi connectivity index (χ0v) is 15.2. The molecule has 0 aliphatic carbocycles. The highest BCUT2D eigenvalue weighted by molar-refractivity contribution is 5.96. The topological polar surface area (TPSA) is 53.4 Å². The van der Waals surface area contributed by atoms with Gasteiger partial charge in [-0.25, -0.2) is 0 Å². The third-order valence-corrected chi connectivity index (χ3v) is 5.01. The van der Waals surface area contributed by atoms with Crippen LogP contribution in [0.25, 0.3) is 0 Å². The van der Waals surface area contributed by atoms with Gasteiger partial charge in [0.05, 0.1) is 11.3 Å². The second kappa shape index (κ2) is 7.64. The van der Waals surface area contributed by atoms with E-state index < -0.39 is 0 Å². The van der Waals surface area contributed by atoms with Crippen molar-refractivity contribution in [1.82, 2.24) is 24.9 Å². The molecule has 6 nitrogen and oxygen atoms in total. The zero-order valence-electron chi connectivity index (χ0n) is 14.3. The van der Waals surface area contributed by atoms with Crippen LogP contribution in [0.2, 0.25) is 0 Å². The number of aryl methyl sites for hydroxylation is 2. The van der Waals surface area contributed by atoms with Crippen molar-refractivity contribution in [3.05, 3.63) is 17.0 Å². The molecule has 0 bridgehead atoms. The Morgan fingerprint density at radius 3 is 2.57 bits per heavy atom. The van der Waals surface area contributed by atoms with Crippen molar-refractivity contribution in [2.45, 2.75) is 39.8 Å². The number of halogens is 1. The third kappa shape index (κ3) is 3.54. The lowest BCUT2D eigenvalue weighted by Gasteiger charge is -2.32. The Morgan fingerprint density at radius 1 is 1.26 bits per heavy atom. The van der Waals surface area contributed by atoms with Gasteiger partial charge in [-0.05, 0) is 27.2 Å². The molecule has 0 saturated carbocycles. The molecule has 2 fully saturated rings. The van der Waals surface area contributed by atoms with Gasteiger partial charge in [0, 0.05) is 57.5 Å². The van der Waals surface area contributed by atoms with Gasteiger partial charge >= 0.3 is 0 Å². The maximum atomic E-state index is 12.9. The van der Waals surface area contributed by atoms with Gasteiger partial charge in [0.1, 0.15) is 0 Å². The van der Waals surface area contributed by atoms with Crippen molar-refractivity contribution in [3.8, 4) is 0 Å². The van der Waals surface area contributed by atoms with Crippen molar-refractivity contribution in [3.63, 3.8) is 0 Å². The average molecular weight is 342 g/mol. The normalized spacial score (nSPS) is 22.2. The van der Waals surface area contributed by atoms with Gasteiger partial charge in [0.15, 0.2) is 0 Å². The molecule has 7 heteroatoms. The summed E-state index contributed by atoms with van der Waals surface area (Å²) in [6, 6.07) is 0.521. The van der Waals surface area contributed by atoms with Crippen LogP contribution in [0.5, 0.6) is 0 Å². The second-order valence-corrected chi connectivity index (χ2v) is 6.34. The number of hydrogen-bond donors (Lipinski definition) is 1. The molecule has 0 radical (unpaired) electrons. The van der Waals surface area contributed by atoms with Crippen LogP contribution in [0.4, 0.5) is 0 Å². The molecule has 1 atom stereocenters. The molecule has 2 aliphatic heterocycles. The van der Waals surface area contributed by atoms with Gasteiger partial charge in [-0.1, -0.05) is 0 Å². The predicted octanol–water partition coefficient (Wildman–Crippen LogP) is 1.06. The number of nitrogens with one attached hydrogen (secondary N) is 1. The summed E-state index contributed by atoms with van der Waals surface area (Å²) in [5.41, 5.74) is 2.66. The predicted molar refractivity (Wildman–Crippen MR) is 93.4 cm³/mol. The Balaban J connectivity index is 0.00000192. The number of hydrogen-bond acceptors (Lipinski definition) is 4.